The molecule has 1 heterocycles. The Morgan fingerprint density at radius 1 is 1.04 bits per heavy atom. The highest BCUT2D eigenvalue weighted by Crippen LogP contribution is 2.28. The van der Waals surface area contributed by atoms with Gasteiger partial charge >= 0.3 is 0 Å². The molecule has 0 unspecified atom stereocenters. The number of nitrogens with zero attached hydrogens (tertiary/aromatic N) is 3. The molecule has 4 rings (SSSR count). The maximum Gasteiger partial charge on any atom is 0.271 e. The average Bonchev–Trinajstić information content (AvgIpc) is 3.05. The third-order valence-corrected chi connectivity index (χ3v) is 4.80. The number of hydrogen-bond acceptors (Lipinski definition) is 4. The zero-order chi connectivity index (χ0) is 19.7. The molecule has 8 heteroatoms. The molecule has 140 valence electrons. The van der Waals surface area contributed by atoms with E-state index in [0.29, 0.717) is 26.9 Å². The molecule has 28 heavy (non-hydrogen) atoms. The predicted molar refractivity (Wildman–Crippen MR) is 109 cm³/mol. The van der Waals surface area contributed by atoms with Crippen molar-refractivity contribution in [1.29, 1.82) is 0 Å². The van der Waals surface area contributed by atoms with Crippen LogP contribution in [-0.4, -0.2) is 14.6 Å². The van der Waals surface area contributed by atoms with Crippen molar-refractivity contribution >= 4 is 39.9 Å². The molecule has 0 aliphatic rings. The Kier molecular flexibility index (Phi) is 4.90. The smallest absolute Gasteiger partial charge is 0.271 e. The van der Waals surface area contributed by atoms with Gasteiger partial charge in [0, 0.05) is 33.3 Å². The zero-order valence-corrected chi connectivity index (χ0v) is 15.9. The molecule has 0 aliphatic heterocycles. The van der Waals surface area contributed by atoms with E-state index in [0.717, 1.165) is 11.1 Å². The highest BCUT2D eigenvalue weighted by atomic mass is 35.5. The summed E-state index contributed by atoms with van der Waals surface area (Å²) >= 11 is 12.3. The van der Waals surface area contributed by atoms with E-state index in [4.69, 9.17) is 28.0 Å². The van der Waals surface area contributed by atoms with Crippen LogP contribution < -0.4 is 4.84 Å². The van der Waals surface area contributed by atoms with E-state index < -0.39 is 4.92 Å². The molecule has 1 aromatic heterocycles. The minimum absolute atomic E-state index is 0.0485. The molecule has 0 bridgehead atoms. The lowest BCUT2D eigenvalue weighted by molar-refractivity contribution is -0.384. The van der Waals surface area contributed by atoms with Crippen molar-refractivity contribution in [3.8, 4) is 11.4 Å². The average molecular weight is 414 g/mol. The van der Waals surface area contributed by atoms with Gasteiger partial charge in [0.2, 0.25) is 0 Å². The van der Waals surface area contributed by atoms with Gasteiger partial charge in [-0.3, -0.25) is 10.1 Å². The molecule has 0 fully saturated rings. The first-order valence-corrected chi connectivity index (χ1v) is 9.08. The molecular weight excluding hydrogens is 401 g/mol. The first-order chi connectivity index (χ1) is 13.5. The Morgan fingerprint density at radius 2 is 1.86 bits per heavy atom. The number of halogens is 2. The van der Waals surface area contributed by atoms with E-state index in [1.54, 1.807) is 30.3 Å². The summed E-state index contributed by atoms with van der Waals surface area (Å²) in [5.74, 6) is 0.491. The Balaban J connectivity index is 1.84. The molecule has 0 atom stereocenters. The molecule has 0 saturated heterocycles. The fourth-order valence-corrected chi connectivity index (χ4v) is 3.23. The van der Waals surface area contributed by atoms with Crippen LogP contribution in [-0.2, 0) is 6.61 Å². The first kappa shape index (κ1) is 18.3. The van der Waals surface area contributed by atoms with Gasteiger partial charge in [0.05, 0.1) is 10.4 Å². The van der Waals surface area contributed by atoms with Crippen LogP contribution in [0.4, 0.5) is 5.69 Å². The summed E-state index contributed by atoms with van der Waals surface area (Å²) in [6.07, 6.45) is 0. The van der Waals surface area contributed by atoms with Gasteiger partial charge in [0.1, 0.15) is 12.1 Å². The van der Waals surface area contributed by atoms with Crippen LogP contribution in [0.1, 0.15) is 5.56 Å². The fourth-order valence-electron chi connectivity index (χ4n) is 2.85. The minimum atomic E-state index is -0.454. The summed E-state index contributed by atoms with van der Waals surface area (Å²) in [5, 5.41) is 12.3. The van der Waals surface area contributed by atoms with Crippen molar-refractivity contribution in [2.75, 3.05) is 0 Å². The summed E-state index contributed by atoms with van der Waals surface area (Å²) < 4.78 is 1.48. The largest absolute Gasteiger partial charge is 0.407 e. The number of nitro groups is 1. The van der Waals surface area contributed by atoms with Crippen molar-refractivity contribution in [3.63, 3.8) is 0 Å². The Bertz CT molecular complexity index is 1190. The maximum absolute atomic E-state index is 11.2. The van der Waals surface area contributed by atoms with Gasteiger partial charge in [0.15, 0.2) is 5.82 Å². The molecule has 4 aromatic rings. The first-order valence-electron chi connectivity index (χ1n) is 8.32. The van der Waals surface area contributed by atoms with Gasteiger partial charge in [-0.15, -0.1) is 0 Å². The van der Waals surface area contributed by atoms with Crippen molar-refractivity contribution < 1.29 is 9.76 Å². The second-order valence-electron chi connectivity index (χ2n) is 6.04. The molecule has 0 saturated carbocycles. The van der Waals surface area contributed by atoms with E-state index in [2.05, 4.69) is 4.98 Å². The summed E-state index contributed by atoms with van der Waals surface area (Å²) in [4.78, 5) is 21.3. The van der Waals surface area contributed by atoms with Crippen molar-refractivity contribution in [1.82, 2.24) is 9.71 Å². The lowest BCUT2D eigenvalue weighted by atomic mass is 10.2. The fraction of sp³-hybridized carbons (Fsp3) is 0.0500. The van der Waals surface area contributed by atoms with Gasteiger partial charge in [-0.1, -0.05) is 53.5 Å². The van der Waals surface area contributed by atoms with Crippen molar-refractivity contribution in [2.45, 2.75) is 6.61 Å². The van der Waals surface area contributed by atoms with Crippen LogP contribution in [0, 0.1) is 10.1 Å². The molecule has 0 N–H and O–H groups in total. The summed E-state index contributed by atoms with van der Waals surface area (Å²) in [5.41, 5.74) is 2.52. The number of rotatable bonds is 5. The Hall–Kier alpha value is -3.09. The number of nitro benzene ring substituents is 1. The quantitative estimate of drug-likeness (QED) is 0.317. The number of benzene rings is 3. The topological polar surface area (TPSA) is 70.2 Å². The van der Waals surface area contributed by atoms with Gasteiger partial charge in [-0.2, -0.15) is 4.73 Å². The lowest BCUT2D eigenvalue weighted by Gasteiger charge is -2.12. The second kappa shape index (κ2) is 7.50. The zero-order valence-electron chi connectivity index (χ0n) is 14.4. The van der Waals surface area contributed by atoms with E-state index in [9.17, 15) is 10.1 Å². The number of hydrogen-bond donors (Lipinski definition) is 0. The summed E-state index contributed by atoms with van der Waals surface area (Å²) in [7, 11) is 0. The van der Waals surface area contributed by atoms with Crippen LogP contribution in [0.25, 0.3) is 22.4 Å². The summed E-state index contributed by atoms with van der Waals surface area (Å²) in [6, 6.07) is 18.9. The normalized spacial score (nSPS) is 10.9. The monoisotopic (exact) mass is 413 g/mol. The number of aromatic nitrogens is 2. The Labute approximate surface area is 170 Å². The Morgan fingerprint density at radius 3 is 2.61 bits per heavy atom. The molecule has 0 amide bonds. The molecule has 0 aliphatic carbocycles. The third kappa shape index (κ3) is 3.52. The highest BCUT2D eigenvalue weighted by molar-refractivity contribution is 6.31. The maximum atomic E-state index is 11.2. The van der Waals surface area contributed by atoms with Gasteiger partial charge < -0.3 is 4.84 Å². The molecular formula is C20H13Cl2N3O3. The van der Waals surface area contributed by atoms with Crippen LogP contribution in [0.3, 0.4) is 0 Å². The summed E-state index contributed by atoms with van der Waals surface area (Å²) in [6.45, 7) is 0.168. The lowest BCUT2D eigenvalue weighted by Crippen LogP contribution is -2.13. The third-order valence-electron chi connectivity index (χ3n) is 4.20. The van der Waals surface area contributed by atoms with Crippen molar-refractivity contribution in [3.05, 3.63) is 92.5 Å². The van der Waals surface area contributed by atoms with E-state index in [1.807, 2.05) is 24.3 Å². The molecule has 3 aromatic carbocycles. The van der Waals surface area contributed by atoms with Gasteiger partial charge in [-0.25, -0.2) is 4.98 Å². The van der Waals surface area contributed by atoms with Crippen LogP contribution in [0.15, 0.2) is 66.7 Å². The molecule has 0 spiro atoms. The number of fused-ring (bicyclic) bond motifs is 1. The van der Waals surface area contributed by atoms with Gasteiger partial charge in [-0.05, 0) is 24.3 Å². The van der Waals surface area contributed by atoms with E-state index >= 15 is 0 Å². The standard InChI is InChI=1S/C20H13Cl2N3O3/c21-15-6-3-5-13(10-15)20-23-18-9-8-16(25(26)27)11-19(18)24(20)28-12-14-4-1-2-7-17(14)22/h1-11H,12H2. The van der Waals surface area contributed by atoms with Crippen LogP contribution >= 0.6 is 23.2 Å². The second-order valence-corrected chi connectivity index (χ2v) is 6.88. The SMILES string of the molecule is O=[N+]([O-])c1ccc2nc(-c3cccc(Cl)c3)n(OCc3ccccc3Cl)c2c1. The van der Waals surface area contributed by atoms with Crippen molar-refractivity contribution in [2.24, 2.45) is 0 Å². The predicted octanol–water partition coefficient (Wildman–Crippen LogP) is 5.55. The number of non-ortho nitro benzene ring substituents is 1. The molecule has 6 nitrogen and oxygen atoms in total. The molecule has 0 radical (unpaired) electrons. The van der Waals surface area contributed by atoms with Crippen LogP contribution in [0.5, 0.6) is 0 Å². The van der Waals surface area contributed by atoms with E-state index in [1.165, 1.54) is 16.9 Å². The van der Waals surface area contributed by atoms with Gasteiger partial charge in [0.25, 0.3) is 5.69 Å². The van der Waals surface area contributed by atoms with Crippen LogP contribution in [0.2, 0.25) is 10.0 Å². The number of imidazole rings is 1. The van der Waals surface area contributed by atoms with E-state index in [-0.39, 0.29) is 12.3 Å². The minimum Gasteiger partial charge on any atom is -0.407 e. The highest BCUT2D eigenvalue weighted by Gasteiger charge is 2.18.